The Hall–Kier alpha value is -2.52. The van der Waals surface area contributed by atoms with Gasteiger partial charge in [0, 0.05) is 24.7 Å². The lowest BCUT2D eigenvalue weighted by Gasteiger charge is -2.65. The van der Waals surface area contributed by atoms with E-state index in [2.05, 4.69) is 20.4 Å². The Kier molecular flexibility index (Phi) is 7.31. The lowest BCUT2D eigenvalue weighted by Crippen LogP contribution is -2.77. The van der Waals surface area contributed by atoms with Crippen LogP contribution in [0.1, 0.15) is 77.1 Å². The van der Waals surface area contributed by atoms with Gasteiger partial charge in [-0.1, -0.05) is 42.8 Å². The van der Waals surface area contributed by atoms with E-state index >= 15 is 0 Å². The molecular formula is C32H42O8. The molecule has 2 saturated carbocycles. The van der Waals surface area contributed by atoms with E-state index in [0.717, 1.165) is 12.0 Å². The van der Waals surface area contributed by atoms with Crippen molar-refractivity contribution in [2.24, 2.45) is 16.7 Å². The first kappa shape index (κ1) is 29.0. The van der Waals surface area contributed by atoms with Gasteiger partial charge in [0.2, 0.25) is 0 Å². The number of esters is 2. The number of rotatable bonds is 7. The number of carbonyl (C=O) groups excluding carboxylic acids is 2. The van der Waals surface area contributed by atoms with Crippen LogP contribution in [-0.2, 0) is 23.7 Å². The van der Waals surface area contributed by atoms with Crippen LogP contribution >= 0.6 is 0 Å². The highest BCUT2D eigenvalue weighted by atomic mass is 16.6. The van der Waals surface area contributed by atoms with Crippen molar-refractivity contribution in [1.29, 1.82) is 0 Å². The number of aliphatic hydroxyl groups is 2. The second kappa shape index (κ2) is 10.1. The summed E-state index contributed by atoms with van der Waals surface area (Å²) in [6.45, 7) is 12.9. The summed E-state index contributed by atoms with van der Waals surface area (Å²) in [5.41, 5.74) is -1.37. The van der Waals surface area contributed by atoms with Gasteiger partial charge in [-0.05, 0) is 64.7 Å². The molecule has 0 spiro atoms. The molecule has 0 bridgehead atoms. The van der Waals surface area contributed by atoms with Gasteiger partial charge in [-0.15, -0.1) is 0 Å². The SMILES string of the molecule is C=CC(O)O[C@H]1C[C@H]2OC[C@@]2(OC(C)=O)C2[C@H](OC(=O)c3ccccc3)[C@]3(C(C)(C)O)CCC(C)=C3CC[C@@]21C. The van der Waals surface area contributed by atoms with Crippen molar-refractivity contribution in [3.8, 4) is 0 Å². The lowest BCUT2D eigenvalue weighted by atomic mass is 9.50. The molecule has 1 saturated heterocycles. The second-order valence-corrected chi connectivity index (χ2v) is 12.8. The average Bonchev–Trinajstić information content (AvgIpc) is 3.18. The largest absolute Gasteiger partial charge is 0.457 e. The van der Waals surface area contributed by atoms with Crippen LogP contribution in [-0.4, -0.2) is 64.6 Å². The standard InChI is InChI=1S/C32H42O8/c1-7-25(34)38-23-17-24-32(18-37-24,40-20(3)33)26-27(39-28(35)21-11-9-8-10-12-21)31(29(4,5)36)16-13-19(2)22(31)14-15-30(23,26)6/h7-12,23-27,34,36H,1,13-18H2,2-6H3/t23-,24+,25?,26?,27-,30+,31-,32-/m0/s1. The molecule has 0 aromatic heterocycles. The molecule has 8 atom stereocenters. The maximum atomic E-state index is 13.8. The van der Waals surface area contributed by atoms with Gasteiger partial charge in [-0.2, -0.15) is 0 Å². The van der Waals surface area contributed by atoms with E-state index in [9.17, 15) is 19.8 Å². The molecule has 3 aliphatic carbocycles. The number of aliphatic hydroxyl groups excluding tert-OH is 1. The Bertz CT molecular complexity index is 1200. The number of carbonyl (C=O) groups is 2. The van der Waals surface area contributed by atoms with E-state index in [1.54, 1.807) is 38.1 Å². The van der Waals surface area contributed by atoms with Crippen molar-refractivity contribution in [2.45, 2.75) is 103 Å². The quantitative estimate of drug-likeness (QED) is 0.288. The molecule has 4 aliphatic rings. The normalized spacial score (nSPS) is 37.7. The summed E-state index contributed by atoms with van der Waals surface area (Å²) in [6, 6.07) is 8.80. The van der Waals surface area contributed by atoms with Crippen LogP contribution in [0.4, 0.5) is 0 Å². The summed E-state index contributed by atoms with van der Waals surface area (Å²) in [4.78, 5) is 26.5. The van der Waals surface area contributed by atoms with Crippen molar-refractivity contribution in [3.63, 3.8) is 0 Å². The number of hydrogen-bond acceptors (Lipinski definition) is 8. The van der Waals surface area contributed by atoms with E-state index in [1.165, 1.54) is 18.6 Å². The van der Waals surface area contributed by atoms with Gasteiger partial charge in [0.15, 0.2) is 11.9 Å². The van der Waals surface area contributed by atoms with Crippen LogP contribution in [0.15, 0.2) is 54.1 Å². The molecule has 0 radical (unpaired) electrons. The Morgan fingerprint density at radius 1 is 1.20 bits per heavy atom. The van der Waals surface area contributed by atoms with E-state index in [-0.39, 0.29) is 6.61 Å². The van der Waals surface area contributed by atoms with E-state index in [4.69, 9.17) is 18.9 Å². The number of fused-ring (bicyclic) bond motifs is 4. The summed E-state index contributed by atoms with van der Waals surface area (Å²) >= 11 is 0. The summed E-state index contributed by atoms with van der Waals surface area (Å²) in [7, 11) is 0. The van der Waals surface area contributed by atoms with Crippen LogP contribution < -0.4 is 0 Å². The molecule has 2 unspecified atom stereocenters. The highest BCUT2D eigenvalue weighted by molar-refractivity contribution is 5.89. The highest BCUT2D eigenvalue weighted by Gasteiger charge is 2.75. The molecule has 8 heteroatoms. The molecule has 218 valence electrons. The molecule has 8 nitrogen and oxygen atoms in total. The minimum Gasteiger partial charge on any atom is -0.457 e. The Morgan fingerprint density at radius 2 is 1.90 bits per heavy atom. The van der Waals surface area contributed by atoms with Crippen LogP contribution in [0.2, 0.25) is 0 Å². The molecule has 40 heavy (non-hydrogen) atoms. The maximum Gasteiger partial charge on any atom is 0.338 e. The van der Waals surface area contributed by atoms with E-state index in [1.807, 2.05) is 6.07 Å². The van der Waals surface area contributed by atoms with Gasteiger partial charge in [0.05, 0.1) is 29.3 Å². The second-order valence-electron chi connectivity index (χ2n) is 12.8. The third-order valence-electron chi connectivity index (χ3n) is 10.3. The van der Waals surface area contributed by atoms with Crippen molar-refractivity contribution in [3.05, 3.63) is 59.7 Å². The Labute approximate surface area is 236 Å². The molecule has 1 aromatic carbocycles. The minimum atomic E-state index is -1.28. The van der Waals surface area contributed by atoms with Gasteiger partial charge in [0.1, 0.15) is 12.2 Å². The first-order chi connectivity index (χ1) is 18.8. The van der Waals surface area contributed by atoms with Crippen molar-refractivity contribution in [1.82, 2.24) is 0 Å². The average molecular weight is 555 g/mol. The number of ether oxygens (including phenoxy) is 4. The topological polar surface area (TPSA) is 112 Å². The predicted octanol–water partition coefficient (Wildman–Crippen LogP) is 4.49. The lowest BCUT2D eigenvalue weighted by molar-refractivity contribution is -0.351. The number of allylic oxidation sites excluding steroid dienone is 1. The molecule has 0 amide bonds. The fraction of sp³-hybridized carbons (Fsp3) is 0.625. The predicted molar refractivity (Wildman–Crippen MR) is 147 cm³/mol. The van der Waals surface area contributed by atoms with Gasteiger partial charge in [0.25, 0.3) is 0 Å². The molecule has 5 rings (SSSR count). The Balaban J connectivity index is 1.76. The summed E-state index contributed by atoms with van der Waals surface area (Å²) in [5.74, 6) is -1.55. The van der Waals surface area contributed by atoms with E-state index < -0.39 is 64.5 Å². The molecule has 3 fully saturated rings. The Morgan fingerprint density at radius 3 is 2.48 bits per heavy atom. The number of benzene rings is 1. The third-order valence-corrected chi connectivity index (χ3v) is 10.3. The fourth-order valence-corrected chi connectivity index (χ4v) is 8.37. The molecule has 1 heterocycles. The summed E-state index contributed by atoms with van der Waals surface area (Å²) < 4.78 is 25.0. The zero-order valence-electron chi connectivity index (χ0n) is 24.1. The van der Waals surface area contributed by atoms with Crippen LogP contribution in [0.3, 0.4) is 0 Å². The van der Waals surface area contributed by atoms with Gasteiger partial charge in [-0.25, -0.2) is 4.79 Å². The molecular weight excluding hydrogens is 512 g/mol. The van der Waals surface area contributed by atoms with Gasteiger partial charge < -0.3 is 29.2 Å². The molecule has 1 aliphatic heterocycles. The highest BCUT2D eigenvalue weighted by Crippen LogP contribution is 2.68. The van der Waals surface area contributed by atoms with Crippen molar-refractivity contribution in [2.75, 3.05) is 6.61 Å². The summed E-state index contributed by atoms with van der Waals surface area (Å²) in [5, 5.41) is 22.5. The van der Waals surface area contributed by atoms with Crippen molar-refractivity contribution < 1.29 is 38.7 Å². The first-order valence-corrected chi connectivity index (χ1v) is 14.2. The molecule has 2 N–H and O–H groups in total. The van der Waals surface area contributed by atoms with Crippen LogP contribution in [0.25, 0.3) is 0 Å². The zero-order chi connectivity index (χ0) is 29.1. The van der Waals surface area contributed by atoms with Crippen LogP contribution in [0, 0.1) is 16.7 Å². The van der Waals surface area contributed by atoms with Gasteiger partial charge in [-0.3, -0.25) is 4.79 Å². The first-order valence-electron chi connectivity index (χ1n) is 14.2. The van der Waals surface area contributed by atoms with Crippen LogP contribution in [0.5, 0.6) is 0 Å². The summed E-state index contributed by atoms with van der Waals surface area (Å²) in [6.07, 6.45) is 1.20. The molecule has 1 aromatic rings. The maximum absolute atomic E-state index is 13.8. The minimum absolute atomic E-state index is 0.146. The van der Waals surface area contributed by atoms with Gasteiger partial charge >= 0.3 is 11.9 Å². The van der Waals surface area contributed by atoms with Crippen molar-refractivity contribution >= 4 is 11.9 Å². The fourth-order valence-electron chi connectivity index (χ4n) is 8.37. The third kappa shape index (κ3) is 4.26. The smallest absolute Gasteiger partial charge is 0.338 e. The zero-order valence-corrected chi connectivity index (χ0v) is 24.1. The number of hydrogen-bond donors (Lipinski definition) is 2. The monoisotopic (exact) mass is 554 g/mol. The van der Waals surface area contributed by atoms with E-state index in [0.29, 0.717) is 31.2 Å².